The predicted molar refractivity (Wildman–Crippen MR) is 91.9 cm³/mol. The molecule has 0 aliphatic rings. The Kier molecular flexibility index (Phi) is 5.75. The molecule has 0 saturated heterocycles. The number of ether oxygens (including phenoxy) is 1. The number of halogens is 2. The Bertz CT molecular complexity index is 916. The van der Waals surface area contributed by atoms with Crippen molar-refractivity contribution >= 4 is 5.91 Å². The number of amides is 1. The third-order valence-corrected chi connectivity index (χ3v) is 3.88. The van der Waals surface area contributed by atoms with Crippen molar-refractivity contribution in [1.29, 1.82) is 0 Å². The number of carbonyl (C=O) groups is 1. The number of hydrogen-bond donors (Lipinski definition) is 1. The molecule has 2 aromatic heterocycles. The van der Waals surface area contributed by atoms with Crippen LogP contribution < -0.4 is 10.1 Å². The van der Waals surface area contributed by atoms with Crippen molar-refractivity contribution in [3.8, 4) is 5.75 Å². The highest BCUT2D eigenvalue weighted by molar-refractivity contribution is 5.92. The second-order valence-corrected chi connectivity index (χ2v) is 5.76. The zero-order valence-electron chi connectivity index (χ0n) is 14.5. The lowest BCUT2D eigenvalue weighted by Gasteiger charge is -2.16. The van der Waals surface area contributed by atoms with Gasteiger partial charge in [0, 0.05) is 24.5 Å². The summed E-state index contributed by atoms with van der Waals surface area (Å²) in [6, 6.07) is 7.86. The van der Waals surface area contributed by atoms with Crippen molar-refractivity contribution in [2.24, 2.45) is 0 Å². The molecule has 0 saturated carbocycles. The van der Waals surface area contributed by atoms with Crippen LogP contribution in [0.5, 0.6) is 5.75 Å². The lowest BCUT2D eigenvalue weighted by atomic mass is 10.1. The van der Waals surface area contributed by atoms with E-state index in [-0.39, 0.29) is 29.9 Å². The van der Waals surface area contributed by atoms with E-state index in [1.165, 1.54) is 12.1 Å². The topological polar surface area (TPSA) is 77.2 Å². The van der Waals surface area contributed by atoms with Crippen LogP contribution in [0.2, 0.25) is 0 Å². The minimum absolute atomic E-state index is 0.0840. The summed E-state index contributed by atoms with van der Waals surface area (Å²) in [5, 5.41) is 6.58. The van der Waals surface area contributed by atoms with Gasteiger partial charge in [-0.2, -0.15) is 0 Å². The molecule has 3 aromatic rings. The Morgan fingerprint density at radius 3 is 2.70 bits per heavy atom. The molecule has 0 spiro atoms. The number of nitrogens with one attached hydrogen (secondary N) is 1. The van der Waals surface area contributed by atoms with Crippen molar-refractivity contribution in [2.45, 2.75) is 26.0 Å². The molecule has 1 aromatic carbocycles. The number of hydrogen-bond acceptors (Lipinski definition) is 5. The van der Waals surface area contributed by atoms with Crippen molar-refractivity contribution in [3.63, 3.8) is 0 Å². The fourth-order valence-corrected chi connectivity index (χ4v) is 2.48. The van der Waals surface area contributed by atoms with Gasteiger partial charge in [0.05, 0.1) is 6.04 Å². The monoisotopic (exact) mass is 373 g/mol. The molecular formula is C19H17F2N3O3. The van der Waals surface area contributed by atoms with Gasteiger partial charge in [0.15, 0.2) is 23.0 Å². The Labute approximate surface area is 154 Å². The van der Waals surface area contributed by atoms with Crippen molar-refractivity contribution in [3.05, 3.63) is 77.4 Å². The molecular weight excluding hydrogens is 356 g/mol. The van der Waals surface area contributed by atoms with Gasteiger partial charge in [-0.25, -0.2) is 8.78 Å². The smallest absolute Gasteiger partial charge is 0.273 e. The van der Waals surface area contributed by atoms with E-state index in [1.807, 2.05) is 19.1 Å². The van der Waals surface area contributed by atoms with Crippen LogP contribution in [0, 0.1) is 11.6 Å². The van der Waals surface area contributed by atoms with Crippen LogP contribution in [-0.2, 0) is 6.61 Å². The number of pyridine rings is 1. The second kappa shape index (κ2) is 8.39. The molecule has 0 aliphatic carbocycles. The van der Waals surface area contributed by atoms with E-state index in [0.717, 1.165) is 17.7 Å². The Balaban J connectivity index is 1.61. The summed E-state index contributed by atoms with van der Waals surface area (Å²) in [6.45, 7) is 1.80. The number of carbonyl (C=O) groups excluding carboxylic acids is 1. The lowest BCUT2D eigenvalue weighted by molar-refractivity contribution is 0.0926. The maximum Gasteiger partial charge on any atom is 0.273 e. The Morgan fingerprint density at radius 1 is 1.22 bits per heavy atom. The second-order valence-electron chi connectivity index (χ2n) is 5.76. The van der Waals surface area contributed by atoms with Gasteiger partial charge < -0.3 is 14.6 Å². The Morgan fingerprint density at radius 2 is 2.00 bits per heavy atom. The molecule has 1 amide bonds. The summed E-state index contributed by atoms with van der Waals surface area (Å²) in [6.07, 6.45) is 4.00. The largest absolute Gasteiger partial charge is 0.482 e. The van der Waals surface area contributed by atoms with Gasteiger partial charge in [0.25, 0.3) is 5.91 Å². The van der Waals surface area contributed by atoms with Crippen molar-refractivity contribution in [1.82, 2.24) is 15.5 Å². The fourth-order valence-electron chi connectivity index (χ4n) is 2.48. The molecule has 8 heteroatoms. The third kappa shape index (κ3) is 4.66. The zero-order chi connectivity index (χ0) is 19.2. The molecule has 1 N–H and O–H groups in total. The molecule has 3 rings (SSSR count). The van der Waals surface area contributed by atoms with Crippen LogP contribution >= 0.6 is 0 Å². The van der Waals surface area contributed by atoms with Crippen molar-refractivity contribution in [2.75, 3.05) is 0 Å². The SMILES string of the molecule is CC[C@@H](NC(=O)c1cc(COc2ccc(F)cc2F)on1)c1ccncc1. The first-order valence-electron chi connectivity index (χ1n) is 8.31. The van der Waals surface area contributed by atoms with Crippen LogP contribution in [-0.4, -0.2) is 16.0 Å². The fraction of sp³-hybridized carbons (Fsp3) is 0.211. The summed E-state index contributed by atoms with van der Waals surface area (Å²) in [7, 11) is 0. The molecule has 6 nitrogen and oxygen atoms in total. The maximum absolute atomic E-state index is 13.6. The van der Waals surface area contributed by atoms with Crippen molar-refractivity contribution < 1.29 is 22.8 Å². The zero-order valence-corrected chi connectivity index (χ0v) is 14.5. The van der Waals surface area contributed by atoms with E-state index < -0.39 is 17.5 Å². The summed E-state index contributed by atoms with van der Waals surface area (Å²) in [4.78, 5) is 16.3. The summed E-state index contributed by atoms with van der Waals surface area (Å²) < 4.78 is 36.7. The molecule has 2 heterocycles. The third-order valence-electron chi connectivity index (χ3n) is 3.88. The minimum atomic E-state index is -0.823. The number of nitrogens with zero attached hydrogens (tertiary/aromatic N) is 2. The molecule has 0 unspecified atom stereocenters. The number of rotatable bonds is 7. The highest BCUT2D eigenvalue weighted by Gasteiger charge is 2.18. The molecule has 140 valence electrons. The average molecular weight is 373 g/mol. The highest BCUT2D eigenvalue weighted by Crippen LogP contribution is 2.20. The van der Waals surface area contributed by atoms with Crippen LogP contribution in [0.25, 0.3) is 0 Å². The first-order chi connectivity index (χ1) is 13.1. The summed E-state index contributed by atoms with van der Waals surface area (Å²) in [5.41, 5.74) is 1.01. The predicted octanol–water partition coefficient (Wildman–Crippen LogP) is 3.81. The van der Waals surface area contributed by atoms with Gasteiger partial charge in [-0.1, -0.05) is 12.1 Å². The van der Waals surface area contributed by atoms with E-state index in [9.17, 15) is 13.6 Å². The van der Waals surface area contributed by atoms with E-state index in [0.29, 0.717) is 6.42 Å². The summed E-state index contributed by atoms with van der Waals surface area (Å²) in [5.74, 6) is -1.81. The van der Waals surface area contributed by atoms with Gasteiger partial charge in [-0.3, -0.25) is 9.78 Å². The van der Waals surface area contributed by atoms with Gasteiger partial charge in [0.2, 0.25) is 0 Å². The van der Waals surface area contributed by atoms with Crippen LogP contribution in [0.15, 0.2) is 53.3 Å². The molecule has 0 bridgehead atoms. The van der Waals surface area contributed by atoms with E-state index in [1.54, 1.807) is 12.4 Å². The average Bonchev–Trinajstić information content (AvgIpc) is 3.15. The van der Waals surface area contributed by atoms with Gasteiger partial charge in [0.1, 0.15) is 12.4 Å². The first kappa shape index (κ1) is 18.5. The van der Waals surface area contributed by atoms with Gasteiger partial charge in [-0.05, 0) is 36.2 Å². The van der Waals surface area contributed by atoms with E-state index in [2.05, 4.69) is 15.5 Å². The quantitative estimate of drug-likeness (QED) is 0.681. The maximum atomic E-state index is 13.6. The van der Waals surface area contributed by atoms with E-state index in [4.69, 9.17) is 9.26 Å². The lowest BCUT2D eigenvalue weighted by Crippen LogP contribution is -2.28. The Hall–Kier alpha value is -3.29. The summed E-state index contributed by atoms with van der Waals surface area (Å²) >= 11 is 0. The minimum Gasteiger partial charge on any atom is -0.482 e. The molecule has 0 aliphatic heterocycles. The number of aromatic nitrogens is 2. The first-order valence-corrected chi connectivity index (χ1v) is 8.31. The molecule has 0 radical (unpaired) electrons. The molecule has 27 heavy (non-hydrogen) atoms. The standard InChI is InChI=1S/C19H17F2N3O3/c1-2-16(12-5-7-22-8-6-12)23-19(25)17-10-14(27-24-17)11-26-18-4-3-13(20)9-15(18)21/h3-10,16H,2,11H2,1H3,(H,23,25)/t16-/m1/s1. The molecule has 1 atom stereocenters. The molecule has 0 fully saturated rings. The van der Waals surface area contributed by atoms with Crippen LogP contribution in [0.4, 0.5) is 8.78 Å². The highest BCUT2D eigenvalue weighted by atomic mass is 19.1. The van der Waals surface area contributed by atoms with Gasteiger partial charge >= 0.3 is 0 Å². The van der Waals surface area contributed by atoms with E-state index >= 15 is 0 Å². The normalized spacial score (nSPS) is 11.8. The number of benzene rings is 1. The van der Waals surface area contributed by atoms with Crippen LogP contribution in [0.3, 0.4) is 0 Å². The van der Waals surface area contributed by atoms with Crippen LogP contribution in [0.1, 0.15) is 41.2 Å². The van der Waals surface area contributed by atoms with Gasteiger partial charge in [-0.15, -0.1) is 0 Å².